The van der Waals surface area contributed by atoms with Crippen LogP contribution in [-0.4, -0.2) is 11.0 Å². The molecule has 2 aromatic rings. The van der Waals surface area contributed by atoms with Gasteiger partial charge in [-0.25, -0.2) is 4.98 Å². The van der Waals surface area contributed by atoms with Gasteiger partial charge in [-0.15, -0.1) is 11.3 Å². The van der Waals surface area contributed by atoms with Crippen LogP contribution in [0.3, 0.4) is 0 Å². The van der Waals surface area contributed by atoms with Crippen molar-refractivity contribution in [3.63, 3.8) is 0 Å². The normalized spacial score (nSPS) is 25.4. The van der Waals surface area contributed by atoms with Crippen LogP contribution in [0.25, 0.3) is 10.2 Å². The molecule has 1 aliphatic carbocycles. The number of nitrogens with zero attached hydrogens (tertiary/aromatic N) is 1. The zero-order valence-corrected chi connectivity index (χ0v) is 11.2. The molecule has 1 aromatic heterocycles. The van der Waals surface area contributed by atoms with Crippen molar-refractivity contribution in [3.05, 3.63) is 27.7 Å². The van der Waals surface area contributed by atoms with E-state index in [0.29, 0.717) is 12.0 Å². The largest absolute Gasteiger partial charge is 0.328 e. The van der Waals surface area contributed by atoms with Gasteiger partial charge in [0.15, 0.2) is 0 Å². The first-order valence-electron chi connectivity index (χ1n) is 5.54. The van der Waals surface area contributed by atoms with Crippen molar-refractivity contribution >= 4 is 37.5 Å². The lowest BCUT2D eigenvalue weighted by atomic mass is 10.1. The average molecular weight is 297 g/mol. The summed E-state index contributed by atoms with van der Waals surface area (Å²) in [6, 6.07) is 6.67. The second-order valence-electron chi connectivity index (χ2n) is 4.43. The van der Waals surface area contributed by atoms with Gasteiger partial charge in [0.05, 0.1) is 15.2 Å². The molecule has 1 heterocycles. The number of benzene rings is 1. The third-order valence-electron chi connectivity index (χ3n) is 3.19. The fourth-order valence-corrected chi connectivity index (χ4v) is 3.78. The Morgan fingerprint density at radius 3 is 3.00 bits per heavy atom. The van der Waals surface area contributed by atoms with Gasteiger partial charge in [-0.1, -0.05) is 15.9 Å². The molecule has 4 heteroatoms. The summed E-state index contributed by atoms with van der Waals surface area (Å²) in [5, 5.41) is 1.26. The molecular formula is C12H13BrN2S. The zero-order chi connectivity index (χ0) is 11.1. The van der Waals surface area contributed by atoms with E-state index in [4.69, 9.17) is 10.7 Å². The average Bonchev–Trinajstić information content (AvgIpc) is 2.83. The monoisotopic (exact) mass is 296 g/mol. The molecule has 84 valence electrons. The van der Waals surface area contributed by atoms with E-state index in [2.05, 4.69) is 34.1 Å². The lowest BCUT2D eigenvalue weighted by Crippen LogP contribution is -2.14. The molecule has 0 amide bonds. The summed E-state index contributed by atoms with van der Waals surface area (Å²) >= 11 is 5.30. The van der Waals surface area contributed by atoms with Gasteiger partial charge < -0.3 is 5.73 Å². The topological polar surface area (TPSA) is 38.9 Å². The number of aromatic nitrogens is 1. The van der Waals surface area contributed by atoms with Crippen molar-refractivity contribution in [2.75, 3.05) is 0 Å². The van der Waals surface area contributed by atoms with Crippen molar-refractivity contribution in [1.82, 2.24) is 4.98 Å². The summed E-state index contributed by atoms with van der Waals surface area (Å²) in [6.07, 6.45) is 3.44. The maximum Gasteiger partial charge on any atom is 0.0970 e. The highest BCUT2D eigenvalue weighted by atomic mass is 79.9. The van der Waals surface area contributed by atoms with Gasteiger partial charge >= 0.3 is 0 Å². The second kappa shape index (κ2) is 4.09. The van der Waals surface area contributed by atoms with Gasteiger partial charge in [0.1, 0.15) is 0 Å². The summed E-state index contributed by atoms with van der Waals surface area (Å²) < 4.78 is 2.37. The molecule has 2 nitrogen and oxygen atoms in total. The molecule has 0 saturated heterocycles. The van der Waals surface area contributed by atoms with Crippen LogP contribution in [0.15, 0.2) is 22.7 Å². The Morgan fingerprint density at radius 2 is 2.25 bits per heavy atom. The van der Waals surface area contributed by atoms with E-state index in [9.17, 15) is 0 Å². The van der Waals surface area contributed by atoms with E-state index in [0.717, 1.165) is 22.8 Å². The molecule has 1 aromatic carbocycles. The molecular weight excluding hydrogens is 284 g/mol. The van der Waals surface area contributed by atoms with Crippen LogP contribution in [0.1, 0.15) is 30.2 Å². The number of fused-ring (bicyclic) bond motifs is 1. The van der Waals surface area contributed by atoms with Crippen LogP contribution in [0.2, 0.25) is 0 Å². The Bertz CT molecular complexity index is 523. The van der Waals surface area contributed by atoms with Gasteiger partial charge in [0, 0.05) is 16.4 Å². The summed E-state index contributed by atoms with van der Waals surface area (Å²) in [7, 11) is 0. The zero-order valence-electron chi connectivity index (χ0n) is 8.82. The number of hydrogen-bond donors (Lipinski definition) is 1. The Kier molecular flexibility index (Phi) is 2.73. The van der Waals surface area contributed by atoms with Crippen LogP contribution in [0.4, 0.5) is 0 Å². The van der Waals surface area contributed by atoms with Gasteiger partial charge in [-0.3, -0.25) is 0 Å². The first kappa shape index (κ1) is 10.7. The van der Waals surface area contributed by atoms with Crippen LogP contribution in [-0.2, 0) is 0 Å². The molecule has 2 unspecified atom stereocenters. The standard InChI is InChI=1S/C12H13BrN2S/c13-8-2-4-11-10(6-8)15-12(16-11)7-1-3-9(14)5-7/h2,4,6-7,9H,1,3,5,14H2. The molecule has 16 heavy (non-hydrogen) atoms. The number of hydrogen-bond acceptors (Lipinski definition) is 3. The number of rotatable bonds is 1. The quantitative estimate of drug-likeness (QED) is 0.872. The molecule has 1 fully saturated rings. The Balaban J connectivity index is 1.99. The van der Waals surface area contributed by atoms with Crippen LogP contribution in [0.5, 0.6) is 0 Å². The third-order valence-corrected chi connectivity index (χ3v) is 4.88. The number of thiazole rings is 1. The fraction of sp³-hybridized carbons (Fsp3) is 0.417. The molecule has 0 spiro atoms. The predicted octanol–water partition coefficient (Wildman–Crippen LogP) is 3.65. The summed E-state index contributed by atoms with van der Waals surface area (Å²) in [5.74, 6) is 0.589. The lowest BCUT2D eigenvalue weighted by molar-refractivity contribution is 0.673. The molecule has 2 N–H and O–H groups in total. The molecule has 1 saturated carbocycles. The minimum atomic E-state index is 0.378. The van der Waals surface area contributed by atoms with Crippen molar-refractivity contribution in [2.45, 2.75) is 31.2 Å². The molecule has 3 rings (SSSR count). The van der Waals surface area contributed by atoms with Crippen molar-refractivity contribution in [2.24, 2.45) is 5.73 Å². The SMILES string of the molecule is NC1CCC(c2nc3cc(Br)ccc3s2)C1. The Hall–Kier alpha value is -0.450. The minimum absolute atomic E-state index is 0.378. The van der Waals surface area contributed by atoms with Crippen LogP contribution in [0, 0.1) is 0 Å². The van der Waals surface area contributed by atoms with E-state index >= 15 is 0 Å². The van der Waals surface area contributed by atoms with Crippen molar-refractivity contribution in [3.8, 4) is 0 Å². The van der Waals surface area contributed by atoms with E-state index in [1.165, 1.54) is 16.1 Å². The molecule has 0 radical (unpaired) electrons. The van der Waals surface area contributed by atoms with Gasteiger partial charge in [0.25, 0.3) is 0 Å². The van der Waals surface area contributed by atoms with Crippen molar-refractivity contribution in [1.29, 1.82) is 0 Å². The molecule has 1 aliphatic rings. The first-order valence-corrected chi connectivity index (χ1v) is 7.15. The van der Waals surface area contributed by atoms with Gasteiger partial charge in [0.2, 0.25) is 0 Å². The molecule has 0 bridgehead atoms. The number of halogens is 1. The number of nitrogens with two attached hydrogens (primary N) is 1. The highest BCUT2D eigenvalue weighted by molar-refractivity contribution is 9.10. The van der Waals surface area contributed by atoms with Crippen LogP contribution < -0.4 is 5.73 Å². The summed E-state index contributed by atoms with van der Waals surface area (Å²) in [5.41, 5.74) is 7.06. The van der Waals surface area contributed by atoms with Crippen molar-refractivity contribution < 1.29 is 0 Å². The minimum Gasteiger partial charge on any atom is -0.328 e. The summed E-state index contributed by atoms with van der Waals surface area (Å²) in [6.45, 7) is 0. The fourth-order valence-electron chi connectivity index (χ4n) is 2.33. The smallest absolute Gasteiger partial charge is 0.0970 e. The maximum absolute atomic E-state index is 5.95. The van der Waals surface area contributed by atoms with Gasteiger partial charge in [-0.2, -0.15) is 0 Å². The molecule has 2 atom stereocenters. The first-order chi connectivity index (χ1) is 7.72. The second-order valence-corrected chi connectivity index (χ2v) is 6.41. The Labute approximate surface area is 107 Å². The van der Waals surface area contributed by atoms with E-state index in [1.807, 2.05) is 11.3 Å². The maximum atomic E-state index is 5.95. The molecule has 0 aliphatic heterocycles. The lowest BCUT2D eigenvalue weighted by Gasteiger charge is -2.03. The van der Waals surface area contributed by atoms with E-state index in [1.54, 1.807) is 0 Å². The highest BCUT2D eigenvalue weighted by Gasteiger charge is 2.25. The van der Waals surface area contributed by atoms with Gasteiger partial charge in [-0.05, 0) is 37.5 Å². The Morgan fingerprint density at radius 1 is 1.38 bits per heavy atom. The van der Waals surface area contributed by atoms with E-state index < -0.39 is 0 Å². The predicted molar refractivity (Wildman–Crippen MR) is 71.9 cm³/mol. The summed E-state index contributed by atoms with van der Waals surface area (Å²) in [4.78, 5) is 4.72. The van der Waals surface area contributed by atoms with Crippen LogP contribution >= 0.6 is 27.3 Å². The highest BCUT2D eigenvalue weighted by Crippen LogP contribution is 2.37. The van der Waals surface area contributed by atoms with E-state index in [-0.39, 0.29) is 0 Å². The third kappa shape index (κ3) is 1.90.